The Bertz CT molecular complexity index is 728. The van der Waals surface area contributed by atoms with Gasteiger partial charge in [0.1, 0.15) is 6.61 Å². The fourth-order valence-electron chi connectivity index (χ4n) is 2.95. The summed E-state index contributed by atoms with van der Waals surface area (Å²) in [4.78, 5) is 13.3. The van der Waals surface area contributed by atoms with E-state index in [-0.39, 0.29) is 6.10 Å². The minimum absolute atomic E-state index is 0.106. The summed E-state index contributed by atoms with van der Waals surface area (Å²) in [5.41, 5.74) is 6.17. The molecule has 2 aliphatic heterocycles. The number of aliphatic imine (C=N–C) groups is 1. The van der Waals surface area contributed by atoms with Crippen molar-refractivity contribution in [2.24, 2.45) is 10.7 Å². The predicted molar refractivity (Wildman–Crippen MR) is 98.7 cm³/mol. The number of guanidine groups is 1. The lowest BCUT2D eigenvalue weighted by molar-refractivity contribution is 0.0969. The third-order valence-corrected chi connectivity index (χ3v) is 5.15. The summed E-state index contributed by atoms with van der Waals surface area (Å²) in [6, 6.07) is 7.69. The van der Waals surface area contributed by atoms with E-state index < -0.39 is 0 Å². The number of hydrogen-bond acceptors (Lipinski definition) is 6. The number of hydrogen-bond donors (Lipinski definition) is 1. The molecule has 4 rings (SSSR count). The maximum absolute atomic E-state index is 6.17. The predicted octanol–water partition coefficient (Wildman–Crippen LogP) is 1.42. The van der Waals surface area contributed by atoms with Crippen LogP contribution in [-0.4, -0.2) is 61.3 Å². The average Bonchev–Trinajstić information content (AvgIpc) is 3.21. The molecule has 25 heavy (non-hydrogen) atoms. The van der Waals surface area contributed by atoms with Crippen molar-refractivity contribution < 1.29 is 9.47 Å². The molecule has 2 aliphatic rings. The van der Waals surface area contributed by atoms with Crippen LogP contribution in [0.2, 0.25) is 0 Å². The average molecular weight is 359 g/mol. The molecule has 2 aromatic rings. The first-order valence-electron chi connectivity index (χ1n) is 8.37. The van der Waals surface area contributed by atoms with E-state index in [1.165, 1.54) is 0 Å². The zero-order valence-corrected chi connectivity index (χ0v) is 14.7. The van der Waals surface area contributed by atoms with Crippen LogP contribution in [0.25, 0.3) is 0 Å². The van der Waals surface area contributed by atoms with Crippen molar-refractivity contribution in [3.8, 4) is 11.5 Å². The molecule has 1 aromatic carbocycles. The highest BCUT2D eigenvalue weighted by molar-refractivity contribution is 7.13. The summed E-state index contributed by atoms with van der Waals surface area (Å²) < 4.78 is 11.6. The summed E-state index contributed by atoms with van der Waals surface area (Å²) in [6.45, 7) is 4.48. The third kappa shape index (κ3) is 3.63. The van der Waals surface area contributed by atoms with Gasteiger partial charge in [-0.3, -0.25) is 0 Å². The van der Waals surface area contributed by atoms with Gasteiger partial charge in [-0.15, -0.1) is 11.3 Å². The molecule has 1 saturated heterocycles. The second-order valence-corrected chi connectivity index (χ2v) is 6.86. The summed E-state index contributed by atoms with van der Waals surface area (Å²) in [5.74, 6) is 2.12. The standard InChI is InChI=1S/C17H21N5O2S/c18-16(21-6-8-22(9-7-21)17-19-5-10-25-17)20-11-13-12-23-14-3-1-2-4-15(14)24-13/h1-5,10,13H,6-9,11-12H2,(H2,18,20). The lowest BCUT2D eigenvalue weighted by Crippen LogP contribution is -2.51. The van der Waals surface area contributed by atoms with E-state index >= 15 is 0 Å². The van der Waals surface area contributed by atoms with E-state index in [1.807, 2.05) is 35.8 Å². The molecule has 1 fully saturated rings. The second kappa shape index (κ2) is 7.18. The van der Waals surface area contributed by atoms with E-state index in [2.05, 4.69) is 19.8 Å². The fourth-order valence-corrected chi connectivity index (χ4v) is 3.64. The zero-order chi connectivity index (χ0) is 17.1. The molecule has 0 spiro atoms. The van der Waals surface area contributed by atoms with E-state index in [0.717, 1.165) is 42.8 Å². The number of ether oxygens (including phenoxy) is 2. The molecular weight excluding hydrogens is 338 g/mol. The molecule has 1 unspecified atom stereocenters. The fraction of sp³-hybridized carbons (Fsp3) is 0.412. The van der Waals surface area contributed by atoms with Crippen LogP contribution in [0.15, 0.2) is 40.8 Å². The Morgan fingerprint density at radius 1 is 1.24 bits per heavy atom. The van der Waals surface area contributed by atoms with Gasteiger partial charge in [0.15, 0.2) is 28.7 Å². The Morgan fingerprint density at radius 2 is 2.04 bits per heavy atom. The lowest BCUT2D eigenvalue weighted by Gasteiger charge is -2.35. The number of anilines is 1. The van der Waals surface area contributed by atoms with Crippen LogP contribution >= 0.6 is 11.3 Å². The van der Waals surface area contributed by atoms with Gasteiger partial charge in [0.05, 0.1) is 6.54 Å². The van der Waals surface area contributed by atoms with Crippen LogP contribution < -0.4 is 20.1 Å². The van der Waals surface area contributed by atoms with Crippen molar-refractivity contribution in [2.45, 2.75) is 6.10 Å². The number of aromatic nitrogens is 1. The minimum Gasteiger partial charge on any atom is -0.486 e. The Labute approximate surface area is 150 Å². The van der Waals surface area contributed by atoms with Gasteiger partial charge in [-0.25, -0.2) is 9.98 Å². The Balaban J connectivity index is 1.29. The number of rotatable bonds is 3. The number of thiazole rings is 1. The molecule has 1 aromatic heterocycles. The molecule has 1 atom stereocenters. The molecule has 0 amide bonds. The SMILES string of the molecule is NC(=NCC1COc2ccccc2O1)N1CCN(c2nccs2)CC1. The van der Waals surface area contributed by atoms with Crippen molar-refractivity contribution >= 4 is 22.4 Å². The highest BCUT2D eigenvalue weighted by Gasteiger charge is 2.22. The van der Waals surface area contributed by atoms with Crippen molar-refractivity contribution in [1.29, 1.82) is 0 Å². The summed E-state index contributed by atoms with van der Waals surface area (Å²) in [5, 5.41) is 3.07. The minimum atomic E-state index is -0.106. The number of fused-ring (bicyclic) bond motifs is 1. The Morgan fingerprint density at radius 3 is 2.80 bits per heavy atom. The quantitative estimate of drug-likeness (QED) is 0.660. The number of nitrogens with zero attached hydrogens (tertiary/aromatic N) is 4. The van der Waals surface area contributed by atoms with E-state index in [4.69, 9.17) is 15.2 Å². The summed E-state index contributed by atoms with van der Waals surface area (Å²) in [6.07, 6.45) is 1.73. The molecule has 0 aliphatic carbocycles. The largest absolute Gasteiger partial charge is 0.486 e. The van der Waals surface area contributed by atoms with Crippen molar-refractivity contribution in [2.75, 3.05) is 44.2 Å². The molecule has 3 heterocycles. The molecule has 132 valence electrons. The smallest absolute Gasteiger partial charge is 0.191 e. The van der Waals surface area contributed by atoms with Crippen LogP contribution in [0.3, 0.4) is 0 Å². The van der Waals surface area contributed by atoms with Crippen molar-refractivity contribution in [3.63, 3.8) is 0 Å². The first-order chi connectivity index (χ1) is 12.3. The highest BCUT2D eigenvalue weighted by Crippen LogP contribution is 2.30. The van der Waals surface area contributed by atoms with E-state index in [0.29, 0.717) is 19.1 Å². The number of benzene rings is 1. The molecule has 0 bridgehead atoms. The van der Waals surface area contributed by atoms with Crippen LogP contribution in [0.4, 0.5) is 5.13 Å². The first-order valence-corrected chi connectivity index (χ1v) is 9.25. The molecule has 8 heteroatoms. The number of piperazine rings is 1. The topological polar surface area (TPSA) is 76.2 Å². The van der Waals surface area contributed by atoms with Crippen LogP contribution in [0.5, 0.6) is 11.5 Å². The molecule has 0 saturated carbocycles. The Hall–Kier alpha value is -2.48. The lowest BCUT2D eigenvalue weighted by atomic mass is 10.2. The van der Waals surface area contributed by atoms with Gasteiger partial charge in [-0.2, -0.15) is 0 Å². The highest BCUT2D eigenvalue weighted by atomic mass is 32.1. The van der Waals surface area contributed by atoms with Crippen molar-refractivity contribution in [3.05, 3.63) is 35.8 Å². The monoisotopic (exact) mass is 359 g/mol. The maximum Gasteiger partial charge on any atom is 0.191 e. The maximum atomic E-state index is 6.17. The van der Waals surface area contributed by atoms with Crippen LogP contribution in [-0.2, 0) is 0 Å². The third-order valence-electron chi connectivity index (χ3n) is 4.32. The van der Waals surface area contributed by atoms with Gasteiger partial charge < -0.3 is 25.0 Å². The molecular formula is C17H21N5O2S. The normalized spacial score (nSPS) is 20.6. The van der Waals surface area contributed by atoms with Gasteiger partial charge in [-0.05, 0) is 12.1 Å². The van der Waals surface area contributed by atoms with Gasteiger partial charge in [-0.1, -0.05) is 12.1 Å². The van der Waals surface area contributed by atoms with Gasteiger partial charge in [0.2, 0.25) is 0 Å². The summed E-state index contributed by atoms with van der Waals surface area (Å²) >= 11 is 1.67. The summed E-state index contributed by atoms with van der Waals surface area (Å²) in [7, 11) is 0. The second-order valence-electron chi connectivity index (χ2n) is 5.99. The molecule has 0 radical (unpaired) electrons. The van der Waals surface area contributed by atoms with Crippen LogP contribution in [0.1, 0.15) is 0 Å². The Kier molecular flexibility index (Phi) is 4.60. The van der Waals surface area contributed by atoms with E-state index in [9.17, 15) is 0 Å². The van der Waals surface area contributed by atoms with E-state index in [1.54, 1.807) is 11.3 Å². The number of nitrogens with two attached hydrogens (primary N) is 1. The van der Waals surface area contributed by atoms with Crippen LogP contribution in [0, 0.1) is 0 Å². The number of para-hydroxylation sites is 2. The zero-order valence-electron chi connectivity index (χ0n) is 13.9. The first kappa shape index (κ1) is 16.0. The molecule has 2 N–H and O–H groups in total. The molecule has 7 nitrogen and oxygen atoms in total. The van der Waals surface area contributed by atoms with Gasteiger partial charge in [0, 0.05) is 37.8 Å². The van der Waals surface area contributed by atoms with Gasteiger partial charge >= 0.3 is 0 Å². The van der Waals surface area contributed by atoms with Crippen molar-refractivity contribution in [1.82, 2.24) is 9.88 Å². The van der Waals surface area contributed by atoms with Gasteiger partial charge in [0.25, 0.3) is 0 Å².